The second-order valence-electron chi connectivity index (χ2n) is 10.2. The summed E-state index contributed by atoms with van der Waals surface area (Å²) in [7, 11) is -4.51. The number of anilines is 1. The quantitative estimate of drug-likeness (QED) is 0.319. The standard InChI is InChI=1S/C22H32N8O3SSi/c1-5-34(31,32)29-13-22(14-29,7-8-23)30-12-18(20(24)27-30)19-17-6-9-28(21(17)26-15-25-19)16-33-10-11-35(2,3)4/h6,9,12,15H,5,7,10-11,13-14,16H2,1-4H3,(H2,24,27). The summed E-state index contributed by atoms with van der Waals surface area (Å²) in [5, 5.41) is 14.7. The van der Waals surface area contributed by atoms with Crippen LogP contribution in [0.2, 0.25) is 25.7 Å². The van der Waals surface area contributed by atoms with Gasteiger partial charge in [0, 0.05) is 45.6 Å². The summed E-state index contributed by atoms with van der Waals surface area (Å²) in [5.74, 6) is 0.276. The maximum atomic E-state index is 12.3. The number of nitrogens with zero attached hydrogens (tertiary/aromatic N) is 7. The molecule has 0 saturated carbocycles. The zero-order chi connectivity index (χ0) is 25.4. The Morgan fingerprint density at radius 2 is 2.03 bits per heavy atom. The molecule has 0 amide bonds. The lowest BCUT2D eigenvalue weighted by Crippen LogP contribution is -2.64. The lowest BCUT2D eigenvalue weighted by molar-refractivity contribution is 0.0722. The summed E-state index contributed by atoms with van der Waals surface area (Å²) in [6.07, 6.45) is 5.27. The summed E-state index contributed by atoms with van der Waals surface area (Å²) >= 11 is 0. The van der Waals surface area contributed by atoms with E-state index in [2.05, 4.69) is 40.8 Å². The van der Waals surface area contributed by atoms with E-state index in [1.807, 2.05) is 16.8 Å². The number of fused-ring (bicyclic) bond motifs is 1. The smallest absolute Gasteiger partial charge is 0.213 e. The van der Waals surface area contributed by atoms with Crippen LogP contribution in [0.5, 0.6) is 0 Å². The first-order valence-electron chi connectivity index (χ1n) is 11.6. The lowest BCUT2D eigenvalue weighted by atomic mass is 9.89. The molecule has 188 valence electrons. The van der Waals surface area contributed by atoms with Crippen LogP contribution < -0.4 is 5.73 Å². The van der Waals surface area contributed by atoms with E-state index < -0.39 is 23.6 Å². The lowest BCUT2D eigenvalue weighted by Gasteiger charge is -2.47. The summed E-state index contributed by atoms with van der Waals surface area (Å²) in [6.45, 7) is 10.0. The van der Waals surface area contributed by atoms with Gasteiger partial charge < -0.3 is 15.0 Å². The zero-order valence-electron chi connectivity index (χ0n) is 20.6. The first kappa shape index (κ1) is 25.3. The fourth-order valence-corrected chi connectivity index (χ4v) is 6.15. The molecule has 3 aromatic rings. The van der Waals surface area contributed by atoms with Crippen molar-refractivity contribution in [2.24, 2.45) is 0 Å². The van der Waals surface area contributed by atoms with Crippen LogP contribution >= 0.6 is 0 Å². The highest BCUT2D eigenvalue weighted by Crippen LogP contribution is 2.37. The van der Waals surface area contributed by atoms with Crippen LogP contribution in [0.3, 0.4) is 0 Å². The number of nitrogens with two attached hydrogens (primary N) is 1. The van der Waals surface area contributed by atoms with E-state index in [9.17, 15) is 13.7 Å². The monoisotopic (exact) mass is 516 g/mol. The number of nitrogen functional groups attached to an aromatic ring is 1. The Morgan fingerprint density at radius 3 is 2.69 bits per heavy atom. The van der Waals surface area contributed by atoms with Crippen molar-refractivity contribution in [1.82, 2.24) is 28.6 Å². The van der Waals surface area contributed by atoms with Crippen LogP contribution in [-0.2, 0) is 27.0 Å². The van der Waals surface area contributed by atoms with Gasteiger partial charge in [0.2, 0.25) is 10.0 Å². The maximum absolute atomic E-state index is 12.3. The molecule has 0 aromatic carbocycles. The third-order valence-electron chi connectivity index (χ3n) is 6.37. The zero-order valence-corrected chi connectivity index (χ0v) is 22.4. The average molecular weight is 517 g/mol. The molecule has 4 heterocycles. The summed E-state index contributed by atoms with van der Waals surface area (Å²) in [5.41, 5.74) is 7.51. The molecule has 2 N–H and O–H groups in total. The van der Waals surface area contributed by atoms with Gasteiger partial charge >= 0.3 is 0 Å². The minimum atomic E-state index is -3.34. The van der Waals surface area contributed by atoms with Gasteiger partial charge in [-0.05, 0) is 19.0 Å². The Hall–Kier alpha value is -2.79. The van der Waals surface area contributed by atoms with Crippen LogP contribution in [0.4, 0.5) is 5.82 Å². The maximum Gasteiger partial charge on any atom is 0.213 e. The van der Waals surface area contributed by atoms with E-state index in [0.29, 0.717) is 24.6 Å². The van der Waals surface area contributed by atoms with E-state index in [1.165, 1.54) is 10.6 Å². The molecule has 1 aliphatic heterocycles. The molecule has 4 rings (SSSR count). The van der Waals surface area contributed by atoms with Gasteiger partial charge in [0.25, 0.3) is 0 Å². The van der Waals surface area contributed by atoms with Crippen LogP contribution in [0.1, 0.15) is 13.3 Å². The molecule has 0 spiro atoms. The molecule has 1 saturated heterocycles. The fourth-order valence-electron chi connectivity index (χ4n) is 4.15. The number of aromatic nitrogens is 5. The van der Waals surface area contributed by atoms with Gasteiger partial charge in [0.1, 0.15) is 24.2 Å². The van der Waals surface area contributed by atoms with Crippen molar-refractivity contribution in [2.75, 3.05) is 31.2 Å². The van der Waals surface area contributed by atoms with Crippen molar-refractivity contribution < 1.29 is 13.2 Å². The van der Waals surface area contributed by atoms with E-state index in [4.69, 9.17) is 10.5 Å². The van der Waals surface area contributed by atoms with Crippen molar-refractivity contribution in [3.8, 4) is 17.3 Å². The minimum absolute atomic E-state index is 0.0138. The van der Waals surface area contributed by atoms with Gasteiger partial charge in [-0.1, -0.05) is 19.6 Å². The van der Waals surface area contributed by atoms with Crippen molar-refractivity contribution in [3.05, 3.63) is 24.8 Å². The predicted molar refractivity (Wildman–Crippen MR) is 137 cm³/mol. The third kappa shape index (κ3) is 4.97. The largest absolute Gasteiger partial charge is 0.382 e. The summed E-state index contributed by atoms with van der Waals surface area (Å²) in [4.78, 5) is 8.91. The number of hydrogen-bond donors (Lipinski definition) is 1. The number of rotatable bonds is 10. The number of ether oxygens (including phenoxy) is 1. The minimum Gasteiger partial charge on any atom is -0.382 e. The van der Waals surface area contributed by atoms with Crippen molar-refractivity contribution in [2.45, 2.75) is 51.3 Å². The fraction of sp³-hybridized carbons (Fsp3) is 0.545. The van der Waals surface area contributed by atoms with E-state index in [-0.39, 0.29) is 31.1 Å². The van der Waals surface area contributed by atoms with Gasteiger partial charge in [0.15, 0.2) is 5.82 Å². The average Bonchev–Trinajstić information content (AvgIpc) is 3.36. The molecule has 35 heavy (non-hydrogen) atoms. The molecule has 0 atom stereocenters. The second kappa shape index (κ2) is 9.34. The van der Waals surface area contributed by atoms with Crippen LogP contribution in [0, 0.1) is 11.3 Å². The summed E-state index contributed by atoms with van der Waals surface area (Å²) in [6, 6.07) is 5.18. The number of sulfonamides is 1. The molecule has 0 unspecified atom stereocenters. The highest BCUT2D eigenvalue weighted by atomic mass is 32.2. The molecule has 0 radical (unpaired) electrons. The van der Waals surface area contributed by atoms with E-state index in [0.717, 1.165) is 17.1 Å². The molecule has 13 heteroatoms. The molecule has 0 aliphatic carbocycles. The molecule has 3 aromatic heterocycles. The topological polar surface area (TPSA) is 145 Å². The van der Waals surface area contributed by atoms with Gasteiger partial charge in [-0.25, -0.2) is 18.4 Å². The third-order valence-corrected chi connectivity index (χ3v) is 9.85. The Labute approximate surface area is 206 Å². The Balaban J connectivity index is 1.60. The van der Waals surface area contributed by atoms with Crippen LogP contribution in [0.25, 0.3) is 22.3 Å². The highest BCUT2D eigenvalue weighted by Gasteiger charge is 2.50. The van der Waals surface area contributed by atoms with E-state index >= 15 is 0 Å². The highest BCUT2D eigenvalue weighted by molar-refractivity contribution is 7.89. The SMILES string of the molecule is CCS(=O)(=O)N1CC(CC#N)(n2cc(-c3ncnc4c3ccn4COCC[Si](C)(C)C)c(N)n2)C1. The molecule has 1 aliphatic rings. The predicted octanol–water partition coefficient (Wildman–Crippen LogP) is 2.46. The molecular formula is C22H32N8O3SSi. The van der Waals surface area contributed by atoms with E-state index in [1.54, 1.807) is 17.8 Å². The van der Waals surface area contributed by atoms with Crippen LogP contribution in [-0.4, -0.2) is 70.6 Å². The normalized spacial score (nSPS) is 16.3. The van der Waals surface area contributed by atoms with Gasteiger partial charge in [-0.2, -0.15) is 14.7 Å². The molecule has 1 fully saturated rings. The molecule has 11 nitrogen and oxygen atoms in total. The van der Waals surface area contributed by atoms with Gasteiger partial charge in [0.05, 0.1) is 29.5 Å². The first-order chi connectivity index (χ1) is 16.5. The number of hydrogen-bond acceptors (Lipinski definition) is 8. The van der Waals surface area contributed by atoms with Gasteiger partial charge in [-0.15, -0.1) is 0 Å². The first-order valence-corrected chi connectivity index (χ1v) is 16.9. The summed E-state index contributed by atoms with van der Waals surface area (Å²) < 4.78 is 35.3. The Kier molecular flexibility index (Phi) is 6.75. The number of nitriles is 1. The van der Waals surface area contributed by atoms with Crippen molar-refractivity contribution >= 4 is 34.9 Å². The molecule has 0 bridgehead atoms. The second-order valence-corrected chi connectivity index (χ2v) is 18.1. The van der Waals surface area contributed by atoms with Gasteiger partial charge in [-0.3, -0.25) is 4.68 Å². The molecular weight excluding hydrogens is 484 g/mol. The Bertz CT molecular complexity index is 1360. The Morgan fingerprint density at radius 1 is 1.29 bits per heavy atom. The van der Waals surface area contributed by atoms with Crippen LogP contribution in [0.15, 0.2) is 24.8 Å². The van der Waals surface area contributed by atoms with Crippen molar-refractivity contribution in [3.63, 3.8) is 0 Å². The van der Waals surface area contributed by atoms with Crippen molar-refractivity contribution in [1.29, 1.82) is 5.26 Å².